The Balaban J connectivity index is 1.45. The molecular weight excluding hydrogens is 371 g/mol. The molecule has 0 bridgehead atoms. The molecule has 1 aliphatic carbocycles. The van der Waals surface area contributed by atoms with Gasteiger partial charge in [0, 0.05) is 22.7 Å². The van der Waals surface area contributed by atoms with Gasteiger partial charge in [0.05, 0.1) is 12.2 Å². The Bertz CT molecular complexity index is 918. The molecule has 0 saturated heterocycles. The number of hydrogen-bond acceptors (Lipinski definition) is 4. The highest BCUT2D eigenvalue weighted by Gasteiger charge is 2.20. The molecule has 1 saturated carbocycles. The summed E-state index contributed by atoms with van der Waals surface area (Å²) in [5, 5.41) is 7.77. The highest BCUT2D eigenvalue weighted by molar-refractivity contribution is 6.35. The van der Waals surface area contributed by atoms with Crippen LogP contribution in [0.5, 0.6) is 0 Å². The van der Waals surface area contributed by atoms with Crippen LogP contribution in [0.4, 0.5) is 5.95 Å². The van der Waals surface area contributed by atoms with Crippen LogP contribution in [0, 0.1) is 5.92 Å². The number of halogens is 2. The van der Waals surface area contributed by atoms with Crippen LogP contribution in [0.3, 0.4) is 0 Å². The Hall–Kier alpha value is -1.98. The van der Waals surface area contributed by atoms with Gasteiger partial charge in [0.2, 0.25) is 5.95 Å². The molecule has 0 radical (unpaired) electrons. The molecule has 2 aliphatic rings. The van der Waals surface area contributed by atoms with Gasteiger partial charge < -0.3 is 10.6 Å². The van der Waals surface area contributed by atoms with E-state index in [9.17, 15) is 4.79 Å². The summed E-state index contributed by atoms with van der Waals surface area (Å²) in [5.41, 5.74) is 1.82. The Labute approximate surface area is 162 Å². The molecule has 4 rings (SSSR count). The van der Waals surface area contributed by atoms with Crippen molar-refractivity contribution >= 4 is 29.2 Å². The molecule has 0 amide bonds. The van der Waals surface area contributed by atoms with Crippen LogP contribution in [-0.2, 0) is 19.5 Å². The van der Waals surface area contributed by atoms with Crippen LogP contribution in [0.15, 0.2) is 41.0 Å². The highest BCUT2D eigenvalue weighted by atomic mass is 35.5. The van der Waals surface area contributed by atoms with Crippen LogP contribution in [0.2, 0.25) is 10.0 Å². The quantitative estimate of drug-likeness (QED) is 0.811. The molecule has 2 aromatic rings. The molecule has 1 aromatic heterocycles. The molecule has 7 heteroatoms. The summed E-state index contributed by atoms with van der Waals surface area (Å²) in [6.45, 7) is 1.05. The summed E-state index contributed by atoms with van der Waals surface area (Å²) in [4.78, 5) is 17.0. The van der Waals surface area contributed by atoms with Gasteiger partial charge in [-0.1, -0.05) is 48.5 Å². The number of nitrogens with zero attached hydrogens (tertiary/aromatic N) is 2. The van der Waals surface area contributed by atoms with Gasteiger partial charge >= 0.3 is 0 Å². The summed E-state index contributed by atoms with van der Waals surface area (Å²) in [6.07, 6.45) is 6.59. The zero-order valence-corrected chi connectivity index (χ0v) is 15.8. The van der Waals surface area contributed by atoms with E-state index in [0.29, 0.717) is 35.0 Å². The van der Waals surface area contributed by atoms with Gasteiger partial charge in [-0.2, -0.15) is 0 Å². The molecule has 0 spiro atoms. The average Bonchev–Trinajstić information content (AvgIpc) is 2.57. The third-order valence-corrected chi connectivity index (χ3v) is 5.58. The minimum atomic E-state index is -0.00660. The monoisotopic (exact) mass is 390 g/mol. The number of fused-ring (bicyclic) bond motifs is 1. The van der Waals surface area contributed by atoms with E-state index in [1.54, 1.807) is 16.7 Å². The summed E-state index contributed by atoms with van der Waals surface area (Å²) in [6, 6.07) is 7.11. The van der Waals surface area contributed by atoms with Crippen molar-refractivity contribution in [3.8, 4) is 0 Å². The lowest BCUT2D eigenvalue weighted by molar-refractivity contribution is 0.311. The van der Waals surface area contributed by atoms with Gasteiger partial charge in [-0.25, -0.2) is 4.98 Å². The number of anilines is 1. The summed E-state index contributed by atoms with van der Waals surface area (Å²) in [5.74, 6) is 2.09. The molecule has 0 atom stereocenters. The van der Waals surface area contributed by atoms with Crippen molar-refractivity contribution in [1.29, 1.82) is 0 Å². The lowest BCUT2D eigenvalue weighted by Gasteiger charge is -2.26. The van der Waals surface area contributed by atoms with Gasteiger partial charge in [0.15, 0.2) is 0 Å². The standard InChI is InChI=1S/C19H20Cl2N4O/c20-14-5-4-13(16(21)9-14)11-22-17-6-7-25-18(26)10-15(23-19(25)24-17)8-12-2-1-3-12/h4-6,9-10,12,22H,1-3,7-8,11H2,(H,23,24). The first-order valence-electron chi connectivity index (χ1n) is 8.84. The van der Waals surface area contributed by atoms with Crippen LogP contribution in [0.25, 0.3) is 0 Å². The van der Waals surface area contributed by atoms with Crippen molar-refractivity contribution in [1.82, 2.24) is 14.9 Å². The number of allylic oxidation sites excluding steroid dienone is 1. The summed E-state index contributed by atoms with van der Waals surface area (Å²) in [7, 11) is 0. The zero-order chi connectivity index (χ0) is 18.1. The van der Waals surface area contributed by atoms with E-state index in [4.69, 9.17) is 23.2 Å². The molecule has 2 N–H and O–H groups in total. The third kappa shape index (κ3) is 3.74. The molecule has 1 aromatic carbocycles. The second kappa shape index (κ2) is 7.33. The number of aromatic nitrogens is 2. The minimum absolute atomic E-state index is 0.00660. The summed E-state index contributed by atoms with van der Waals surface area (Å²) >= 11 is 12.1. The maximum atomic E-state index is 12.3. The maximum Gasteiger partial charge on any atom is 0.255 e. The SMILES string of the molecule is O=c1cc(CC2CCC2)nc2n1CC=C(NCc1ccc(Cl)cc1Cl)N2. The number of benzene rings is 1. The van der Waals surface area contributed by atoms with Crippen LogP contribution in [0.1, 0.15) is 30.5 Å². The van der Waals surface area contributed by atoms with E-state index < -0.39 is 0 Å². The van der Waals surface area contributed by atoms with Gasteiger partial charge in [0.1, 0.15) is 5.82 Å². The van der Waals surface area contributed by atoms with Crippen molar-refractivity contribution < 1.29 is 0 Å². The fourth-order valence-corrected chi connectivity index (χ4v) is 3.72. The zero-order valence-electron chi connectivity index (χ0n) is 14.3. The predicted octanol–water partition coefficient (Wildman–Crippen LogP) is 3.95. The minimum Gasteiger partial charge on any atom is -0.368 e. The van der Waals surface area contributed by atoms with Crippen LogP contribution in [-0.4, -0.2) is 9.55 Å². The number of rotatable bonds is 5. The lowest BCUT2D eigenvalue weighted by atomic mass is 9.82. The number of nitrogens with one attached hydrogen (secondary N) is 2. The predicted molar refractivity (Wildman–Crippen MR) is 105 cm³/mol. The van der Waals surface area contributed by atoms with Crippen molar-refractivity contribution in [2.45, 2.75) is 38.8 Å². The van der Waals surface area contributed by atoms with E-state index in [1.165, 1.54) is 19.3 Å². The Morgan fingerprint density at radius 3 is 2.85 bits per heavy atom. The van der Waals surface area contributed by atoms with Gasteiger partial charge in [-0.3, -0.25) is 9.36 Å². The third-order valence-electron chi connectivity index (χ3n) is 4.99. The van der Waals surface area contributed by atoms with Gasteiger partial charge in [-0.15, -0.1) is 0 Å². The lowest BCUT2D eigenvalue weighted by Crippen LogP contribution is -2.32. The highest BCUT2D eigenvalue weighted by Crippen LogP contribution is 2.29. The largest absolute Gasteiger partial charge is 0.368 e. The number of hydrogen-bond donors (Lipinski definition) is 2. The topological polar surface area (TPSA) is 59.0 Å². The molecule has 1 fully saturated rings. The Kier molecular flexibility index (Phi) is 4.92. The Morgan fingerprint density at radius 2 is 2.12 bits per heavy atom. The van der Waals surface area contributed by atoms with Crippen molar-refractivity contribution in [3.63, 3.8) is 0 Å². The van der Waals surface area contributed by atoms with Crippen molar-refractivity contribution in [2.75, 3.05) is 5.32 Å². The first-order chi connectivity index (χ1) is 12.6. The molecule has 2 heterocycles. The Morgan fingerprint density at radius 1 is 1.27 bits per heavy atom. The van der Waals surface area contributed by atoms with Crippen LogP contribution >= 0.6 is 23.2 Å². The average molecular weight is 391 g/mol. The van der Waals surface area contributed by atoms with Gasteiger partial charge in [0.25, 0.3) is 5.56 Å². The molecule has 1 aliphatic heterocycles. The molecule has 136 valence electrons. The smallest absolute Gasteiger partial charge is 0.255 e. The first kappa shape index (κ1) is 17.4. The van der Waals surface area contributed by atoms with E-state index in [-0.39, 0.29) is 5.56 Å². The fourth-order valence-electron chi connectivity index (χ4n) is 3.25. The van der Waals surface area contributed by atoms with Crippen molar-refractivity contribution in [2.24, 2.45) is 5.92 Å². The molecular formula is C19H20Cl2N4O. The first-order valence-corrected chi connectivity index (χ1v) is 9.60. The summed E-state index contributed by atoms with van der Waals surface area (Å²) < 4.78 is 1.64. The van der Waals surface area contributed by atoms with Crippen LogP contribution < -0.4 is 16.2 Å². The maximum absolute atomic E-state index is 12.3. The van der Waals surface area contributed by atoms with E-state index in [2.05, 4.69) is 15.6 Å². The van der Waals surface area contributed by atoms with Crippen molar-refractivity contribution in [3.05, 3.63) is 67.8 Å². The molecule has 5 nitrogen and oxygen atoms in total. The van der Waals surface area contributed by atoms with E-state index >= 15 is 0 Å². The van der Waals surface area contributed by atoms with Gasteiger partial charge in [-0.05, 0) is 36.1 Å². The second-order valence-corrected chi connectivity index (χ2v) is 7.70. The van der Waals surface area contributed by atoms with E-state index in [0.717, 1.165) is 23.5 Å². The second-order valence-electron chi connectivity index (χ2n) is 6.85. The normalized spacial score (nSPS) is 16.3. The fraction of sp³-hybridized carbons (Fsp3) is 0.368. The molecule has 0 unspecified atom stereocenters. The molecule has 26 heavy (non-hydrogen) atoms. The van der Waals surface area contributed by atoms with E-state index in [1.807, 2.05) is 18.2 Å².